The van der Waals surface area contributed by atoms with Gasteiger partial charge in [0.25, 0.3) is 0 Å². The normalized spacial score (nSPS) is 22.8. The summed E-state index contributed by atoms with van der Waals surface area (Å²) < 4.78 is 24.1. The molecule has 4 N–H and O–H groups in total. The van der Waals surface area contributed by atoms with Crippen molar-refractivity contribution in [3.8, 4) is 0 Å². The van der Waals surface area contributed by atoms with Crippen molar-refractivity contribution in [2.45, 2.75) is 55.8 Å². The van der Waals surface area contributed by atoms with Crippen molar-refractivity contribution < 1.29 is 9.32 Å². The monoisotopic (exact) mass is 438 g/mol. The molecule has 1 aliphatic heterocycles. The highest BCUT2D eigenvalue weighted by atomic mass is 32.2. The van der Waals surface area contributed by atoms with Crippen LogP contribution in [0.4, 0.5) is 5.69 Å². The van der Waals surface area contributed by atoms with E-state index in [4.69, 9.17) is 4.78 Å². The van der Waals surface area contributed by atoms with Gasteiger partial charge in [0.1, 0.15) is 9.92 Å². The smallest absolute Gasteiger partial charge is 0.193 e. The lowest BCUT2D eigenvalue weighted by atomic mass is 9.98. The van der Waals surface area contributed by atoms with E-state index in [0.29, 0.717) is 10.9 Å². The Kier molecular flexibility index (Phi) is 5.38. The molecule has 0 saturated carbocycles. The average Bonchev–Trinajstić information content (AvgIpc) is 3.48. The first-order valence-electron chi connectivity index (χ1n) is 11.1. The lowest BCUT2D eigenvalue weighted by molar-refractivity contribution is 0.193. The molecule has 3 aliphatic rings. The van der Waals surface area contributed by atoms with E-state index in [1.54, 1.807) is 12.1 Å². The van der Waals surface area contributed by atoms with Crippen LogP contribution in [0.2, 0.25) is 0 Å². The highest BCUT2D eigenvalue weighted by Gasteiger charge is 2.25. The minimum Gasteiger partial charge on any atom is -0.360 e. The van der Waals surface area contributed by atoms with Gasteiger partial charge in [-0.1, -0.05) is 30.4 Å². The zero-order valence-electron chi connectivity index (χ0n) is 17.9. The largest absolute Gasteiger partial charge is 0.360 e. The van der Waals surface area contributed by atoms with Crippen LogP contribution in [0.15, 0.2) is 41.3 Å². The van der Waals surface area contributed by atoms with E-state index in [2.05, 4.69) is 40.2 Å². The zero-order chi connectivity index (χ0) is 21.6. The number of allylic oxidation sites excluding steroid dienone is 1. The third kappa shape index (κ3) is 3.91. The van der Waals surface area contributed by atoms with Crippen LogP contribution in [0.1, 0.15) is 53.1 Å². The van der Waals surface area contributed by atoms with Gasteiger partial charge in [0.2, 0.25) is 0 Å². The molecule has 3 atom stereocenters. The van der Waals surface area contributed by atoms with Gasteiger partial charge in [0.05, 0.1) is 4.90 Å². The molecule has 1 fully saturated rings. The summed E-state index contributed by atoms with van der Waals surface area (Å²) in [6, 6.07) is 10.0. The van der Waals surface area contributed by atoms with Gasteiger partial charge in [-0.25, -0.2) is 8.99 Å². The van der Waals surface area contributed by atoms with Crippen molar-refractivity contribution in [1.29, 1.82) is 4.78 Å². The molecule has 0 bridgehead atoms. The van der Waals surface area contributed by atoms with Crippen LogP contribution in [-0.2, 0) is 29.2 Å². The zero-order valence-corrected chi connectivity index (χ0v) is 18.7. The number of fused-ring (bicyclic) bond motifs is 2. The van der Waals surface area contributed by atoms with Crippen molar-refractivity contribution in [2.24, 2.45) is 0 Å². The average molecular weight is 439 g/mol. The van der Waals surface area contributed by atoms with E-state index in [0.717, 1.165) is 44.3 Å². The quantitative estimate of drug-likeness (QED) is 0.517. The molecule has 7 heteroatoms. The van der Waals surface area contributed by atoms with Crippen molar-refractivity contribution in [2.75, 3.05) is 18.9 Å². The molecule has 0 aromatic heterocycles. The number of benzene rings is 2. The lowest BCUT2D eigenvalue weighted by Crippen LogP contribution is -2.40. The molecule has 3 unspecified atom stereocenters. The van der Waals surface area contributed by atoms with Gasteiger partial charge in [-0.05, 0) is 92.1 Å². The van der Waals surface area contributed by atoms with Crippen LogP contribution in [0.25, 0.3) is 6.08 Å². The summed E-state index contributed by atoms with van der Waals surface area (Å²) in [5.41, 5.74) is 7.03. The number of aliphatic hydroxyl groups excluding tert-OH is 1. The van der Waals surface area contributed by atoms with E-state index in [9.17, 15) is 9.32 Å². The summed E-state index contributed by atoms with van der Waals surface area (Å²) in [7, 11) is -1.23. The standard InChI is InChI=1S/C24H30N4O2S/c1-28-14-4-9-22(28)16-10-12-19(13-11-16)31(25,30)27-24(29)26-23-20-7-2-5-17(20)15-18-6-3-8-21(18)23/h2,5,10-13,15,22,24,26,29H,3-4,6-9,14H2,1H3,(H2,25,27,30). The minimum atomic E-state index is -3.35. The Bertz CT molecular complexity index is 1120. The maximum absolute atomic E-state index is 13.1. The maximum Gasteiger partial charge on any atom is 0.193 e. The predicted molar refractivity (Wildman–Crippen MR) is 124 cm³/mol. The Labute approximate surface area is 184 Å². The molecule has 1 saturated heterocycles. The number of anilines is 1. The Hall–Kier alpha value is -2.19. The van der Waals surface area contributed by atoms with Crippen LogP contribution in [0, 0.1) is 4.78 Å². The second-order valence-electron chi connectivity index (χ2n) is 8.85. The molecule has 164 valence electrons. The minimum absolute atomic E-state index is 0.378. The summed E-state index contributed by atoms with van der Waals surface area (Å²) in [4.78, 5) is 2.70. The van der Waals surface area contributed by atoms with Gasteiger partial charge >= 0.3 is 0 Å². The number of nitrogens with one attached hydrogen (secondary N) is 3. The fraction of sp³-hybridized carbons (Fsp3) is 0.417. The van der Waals surface area contributed by atoms with Crippen LogP contribution >= 0.6 is 0 Å². The van der Waals surface area contributed by atoms with Crippen molar-refractivity contribution in [3.63, 3.8) is 0 Å². The van der Waals surface area contributed by atoms with E-state index < -0.39 is 16.3 Å². The summed E-state index contributed by atoms with van der Waals surface area (Å²) in [6.45, 7) is 1.09. The highest BCUT2D eigenvalue weighted by molar-refractivity contribution is 7.90. The molecule has 2 aliphatic carbocycles. The van der Waals surface area contributed by atoms with E-state index in [-0.39, 0.29) is 0 Å². The number of aliphatic hydroxyl groups is 1. The first-order chi connectivity index (χ1) is 14.9. The first-order valence-corrected chi connectivity index (χ1v) is 12.6. The van der Waals surface area contributed by atoms with Crippen LogP contribution in [-0.4, -0.2) is 34.2 Å². The summed E-state index contributed by atoms with van der Waals surface area (Å²) in [5.74, 6) is 0. The van der Waals surface area contributed by atoms with Gasteiger partial charge in [-0.3, -0.25) is 4.90 Å². The van der Waals surface area contributed by atoms with E-state index >= 15 is 0 Å². The fourth-order valence-corrected chi connectivity index (χ4v) is 6.29. The third-order valence-electron chi connectivity index (χ3n) is 6.84. The third-order valence-corrected chi connectivity index (χ3v) is 8.33. The molecule has 0 amide bonds. The molecular weight excluding hydrogens is 408 g/mol. The van der Waals surface area contributed by atoms with Gasteiger partial charge in [-0.15, -0.1) is 0 Å². The summed E-state index contributed by atoms with van der Waals surface area (Å²) in [6.07, 6.45) is 9.23. The van der Waals surface area contributed by atoms with Crippen LogP contribution in [0.5, 0.6) is 0 Å². The Balaban J connectivity index is 1.32. The number of aryl methyl sites for hydroxylation is 1. The molecule has 5 rings (SSSR count). The Morgan fingerprint density at radius 2 is 2.00 bits per heavy atom. The molecular formula is C24H30N4O2S. The first kappa shape index (κ1) is 20.7. The lowest BCUT2D eigenvalue weighted by Gasteiger charge is -2.23. The SMILES string of the molecule is CN1CCCC1c1ccc(S(=N)(=O)NC(O)Nc2c3c(cc4c2CCC4)C=CC3)cc1. The summed E-state index contributed by atoms with van der Waals surface area (Å²) in [5, 5.41) is 13.8. The molecule has 0 radical (unpaired) electrons. The molecule has 1 heterocycles. The van der Waals surface area contributed by atoms with Gasteiger partial charge in [0.15, 0.2) is 6.35 Å². The van der Waals surface area contributed by atoms with Crippen molar-refractivity contribution in [1.82, 2.24) is 9.62 Å². The second kappa shape index (κ2) is 8.06. The number of likely N-dealkylation sites (tertiary alicyclic amines) is 1. The Morgan fingerprint density at radius 1 is 1.19 bits per heavy atom. The molecule has 6 nitrogen and oxygen atoms in total. The van der Waals surface area contributed by atoms with Gasteiger partial charge < -0.3 is 10.4 Å². The van der Waals surface area contributed by atoms with Gasteiger partial charge in [-0.2, -0.15) is 4.72 Å². The fourth-order valence-electron chi connectivity index (χ4n) is 5.26. The molecule has 31 heavy (non-hydrogen) atoms. The van der Waals surface area contributed by atoms with Gasteiger partial charge in [0, 0.05) is 11.7 Å². The van der Waals surface area contributed by atoms with Crippen molar-refractivity contribution in [3.05, 3.63) is 64.2 Å². The number of hydrogen-bond acceptors (Lipinski definition) is 5. The number of hydrogen-bond donors (Lipinski definition) is 4. The topological polar surface area (TPSA) is 88.5 Å². The molecule has 2 aromatic rings. The molecule has 0 spiro atoms. The van der Waals surface area contributed by atoms with Crippen LogP contribution in [0.3, 0.4) is 0 Å². The Morgan fingerprint density at radius 3 is 2.74 bits per heavy atom. The van der Waals surface area contributed by atoms with Crippen molar-refractivity contribution >= 4 is 21.7 Å². The van der Waals surface area contributed by atoms with E-state index in [1.165, 1.54) is 34.2 Å². The maximum atomic E-state index is 13.1. The predicted octanol–water partition coefficient (Wildman–Crippen LogP) is 3.81. The number of rotatable bonds is 6. The second-order valence-corrected chi connectivity index (χ2v) is 10.7. The van der Waals surface area contributed by atoms with Crippen LogP contribution < -0.4 is 10.0 Å². The number of nitrogens with zero attached hydrogens (tertiary/aromatic N) is 1. The summed E-state index contributed by atoms with van der Waals surface area (Å²) >= 11 is 0. The highest BCUT2D eigenvalue weighted by Crippen LogP contribution is 2.38. The van der Waals surface area contributed by atoms with E-state index in [1.807, 2.05) is 12.1 Å². The molecule has 2 aromatic carbocycles.